The van der Waals surface area contributed by atoms with E-state index in [1.807, 2.05) is 6.08 Å². The summed E-state index contributed by atoms with van der Waals surface area (Å²) in [6.07, 6.45) is 10.3. The number of allylic oxidation sites excluding steroid dienone is 2. The van der Waals surface area contributed by atoms with E-state index in [1.165, 1.54) is 25.7 Å². The monoisotopic (exact) mass is 240 g/mol. The van der Waals surface area contributed by atoms with Gasteiger partial charge in [0.25, 0.3) is 0 Å². The van der Waals surface area contributed by atoms with Crippen molar-refractivity contribution in [1.29, 1.82) is 0 Å². The molecule has 0 aromatic carbocycles. The molecule has 0 aliphatic heterocycles. The maximum Gasteiger partial charge on any atom is 0.306 e. The Bertz CT molecular complexity index is 258. The van der Waals surface area contributed by atoms with Crippen LogP contribution in [0.15, 0.2) is 11.8 Å². The van der Waals surface area contributed by atoms with Crippen molar-refractivity contribution in [1.82, 2.24) is 0 Å². The zero-order valence-corrected chi connectivity index (χ0v) is 10.8. The Hall–Kier alpha value is -0.990. The fourth-order valence-corrected chi connectivity index (χ4v) is 2.07. The Labute approximate surface area is 104 Å². The minimum Gasteiger partial charge on any atom is -0.498 e. The summed E-state index contributed by atoms with van der Waals surface area (Å²) >= 11 is 0. The lowest BCUT2D eigenvalue weighted by Gasteiger charge is -2.19. The van der Waals surface area contributed by atoms with Gasteiger partial charge in [-0.25, -0.2) is 0 Å². The summed E-state index contributed by atoms with van der Waals surface area (Å²) in [5.41, 5.74) is 0. The number of carboxylic acids is 1. The highest BCUT2D eigenvalue weighted by Gasteiger charge is 2.21. The van der Waals surface area contributed by atoms with Gasteiger partial charge in [-0.3, -0.25) is 4.79 Å². The van der Waals surface area contributed by atoms with Gasteiger partial charge < -0.3 is 9.84 Å². The molecule has 0 bridgehead atoms. The normalized spacial score (nSPS) is 19.8. The van der Waals surface area contributed by atoms with Gasteiger partial charge in [0.15, 0.2) is 0 Å². The largest absolute Gasteiger partial charge is 0.498 e. The number of hydrogen-bond donors (Lipinski definition) is 1. The number of hydrogen-bond acceptors (Lipinski definition) is 2. The number of unbranched alkanes of at least 4 members (excludes halogenated alkanes) is 4. The molecule has 0 aromatic rings. The third kappa shape index (κ3) is 5.76. The van der Waals surface area contributed by atoms with Gasteiger partial charge in [0.1, 0.15) is 0 Å². The van der Waals surface area contributed by atoms with E-state index in [0.717, 1.165) is 31.6 Å². The van der Waals surface area contributed by atoms with Crippen LogP contribution in [0.4, 0.5) is 0 Å². The first-order valence-corrected chi connectivity index (χ1v) is 6.78. The molecule has 3 nitrogen and oxygen atoms in total. The van der Waals surface area contributed by atoms with Crippen LogP contribution in [0.2, 0.25) is 0 Å². The number of ether oxygens (including phenoxy) is 1. The fourth-order valence-electron chi connectivity index (χ4n) is 2.07. The van der Waals surface area contributed by atoms with E-state index in [1.54, 1.807) is 0 Å². The van der Waals surface area contributed by atoms with E-state index in [0.29, 0.717) is 6.42 Å². The van der Waals surface area contributed by atoms with Gasteiger partial charge in [-0.1, -0.05) is 32.6 Å². The molecule has 1 aliphatic rings. The van der Waals surface area contributed by atoms with Crippen molar-refractivity contribution in [3.05, 3.63) is 11.8 Å². The van der Waals surface area contributed by atoms with Crippen molar-refractivity contribution in [2.24, 2.45) is 5.92 Å². The molecule has 0 fully saturated rings. The van der Waals surface area contributed by atoms with Crippen molar-refractivity contribution in [3.63, 3.8) is 0 Å². The summed E-state index contributed by atoms with van der Waals surface area (Å²) < 4.78 is 5.66. The average Bonchev–Trinajstić information content (AvgIpc) is 2.34. The molecule has 1 N–H and O–H groups in total. The van der Waals surface area contributed by atoms with Crippen molar-refractivity contribution in [2.45, 2.75) is 58.3 Å². The lowest BCUT2D eigenvalue weighted by Crippen LogP contribution is -2.16. The molecule has 0 saturated heterocycles. The van der Waals surface area contributed by atoms with Crippen molar-refractivity contribution >= 4 is 5.97 Å². The molecule has 0 amide bonds. The molecule has 0 aromatic heterocycles. The molecule has 0 heterocycles. The molecule has 3 heteroatoms. The van der Waals surface area contributed by atoms with Gasteiger partial charge in [-0.2, -0.15) is 0 Å². The third-order valence-corrected chi connectivity index (χ3v) is 3.25. The summed E-state index contributed by atoms with van der Waals surface area (Å²) in [5, 5.41) is 8.85. The van der Waals surface area contributed by atoms with Crippen molar-refractivity contribution in [3.8, 4) is 0 Å². The Morgan fingerprint density at radius 3 is 2.76 bits per heavy atom. The van der Waals surface area contributed by atoms with Crippen LogP contribution < -0.4 is 0 Å². The minimum absolute atomic E-state index is 0.202. The topological polar surface area (TPSA) is 46.5 Å². The molecule has 1 aliphatic carbocycles. The predicted octanol–water partition coefficient (Wildman–Crippen LogP) is 3.74. The van der Waals surface area contributed by atoms with Crippen LogP contribution in [-0.2, 0) is 9.53 Å². The van der Waals surface area contributed by atoms with Crippen LogP contribution in [0.25, 0.3) is 0 Å². The second-order valence-electron chi connectivity index (χ2n) is 4.74. The van der Waals surface area contributed by atoms with Crippen LogP contribution in [0.3, 0.4) is 0 Å². The predicted molar refractivity (Wildman–Crippen MR) is 67.8 cm³/mol. The second-order valence-corrected chi connectivity index (χ2v) is 4.74. The Morgan fingerprint density at radius 2 is 2.18 bits per heavy atom. The molecule has 0 spiro atoms. The first kappa shape index (κ1) is 14.1. The summed E-state index contributed by atoms with van der Waals surface area (Å²) in [6, 6.07) is 0. The van der Waals surface area contributed by atoms with E-state index in [4.69, 9.17) is 9.84 Å². The highest BCUT2D eigenvalue weighted by Crippen LogP contribution is 2.24. The Balaban J connectivity index is 2.07. The van der Waals surface area contributed by atoms with Gasteiger partial charge >= 0.3 is 5.97 Å². The highest BCUT2D eigenvalue weighted by atomic mass is 16.5. The summed E-state index contributed by atoms with van der Waals surface area (Å²) in [6.45, 7) is 3.00. The lowest BCUT2D eigenvalue weighted by molar-refractivity contribution is -0.142. The van der Waals surface area contributed by atoms with E-state index in [9.17, 15) is 4.79 Å². The molecular formula is C14H24O3. The number of carboxylic acid groups (broad SMARTS) is 1. The minimum atomic E-state index is -0.681. The second kappa shape index (κ2) is 8.15. The Morgan fingerprint density at radius 1 is 1.41 bits per heavy atom. The van der Waals surface area contributed by atoms with Gasteiger partial charge in [-0.15, -0.1) is 0 Å². The van der Waals surface area contributed by atoms with Crippen LogP contribution >= 0.6 is 0 Å². The van der Waals surface area contributed by atoms with Gasteiger partial charge in [-0.05, 0) is 25.3 Å². The van der Waals surface area contributed by atoms with Gasteiger partial charge in [0.2, 0.25) is 0 Å². The SMILES string of the molecule is CCCCCCCOC1=CCC(C(=O)O)CC1. The smallest absolute Gasteiger partial charge is 0.306 e. The van der Waals surface area contributed by atoms with Crippen LogP contribution in [0, 0.1) is 5.92 Å². The maximum atomic E-state index is 10.8. The summed E-state index contributed by atoms with van der Waals surface area (Å²) in [7, 11) is 0. The van der Waals surface area contributed by atoms with E-state index in [-0.39, 0.29) is 5.92 Å². The maximum absolute atomic E-state index is 10.8. The van der Waals surface area contributed by atoms with Crippen LogP contribution in [-0.4, -0.2) is 17.7 Å². The van der Waals surface area contributed by atoms with Crippen molar-refractivity contribution < 1.29 is 14.6 Å². The molecule has 1 unspecified atom stereocenters. The molecule has 98 valence electrons. The highest BCUT2D eigenvalue weighted by molar-refractivity contribution is 5.70. The summed E-state index contributed by atoms with van der Waals surface area (Å²) in [5.74, 6) is 0.116. The zero-order valence-electron chi connectivity index (χ0n) is 10.8. The van der Waals surface area contributed by atoms with E-state index in [2.05, 4.69) is 6.92 Å². The first-order valence-electron chi connectivity index (χ1n) is 6.78. The third-order valence-electron chi connectivity index (χ3n) is 3.25. The molecule has 0 radical (unpaired) electrons. The molecule has 1 atom stereocenters. The summed E-state index contributed by atoms with van der Waals surface area (Å²) in [4.78, 5) is 10.8. The zero-order chi connectivity index (χ0) is 12.5. The van der Waals surface area contributed by atoms with Gasteiger partial charge in [0.05, 0.1) is 18.3 Å². The van der Waals surface area contributed by atoms with Crippen LogP contribution in [0.1, 0.15) is 58.3 Å². The first-order chi connectivity index (χ1) is 8.24. The van der Waals surface area contributed by atoms with E-state index < -0.39 is 5.97 Å². The van der Waals surface area contributed by atoms with E-state index >= 15 is 0 Å². The van der Waals surface area contributed by atoms with Crippen molar-refractivity contribution in [2.75, 3.05) is 6.61 Å². The number of carbonyl (C=O) groups is 1. The van der Waals surface area contributed by atoms with Crippen LogP contribution in [0.5, 0.6) is 0 Å². The molecule has 1 rings (SSSR count). The average molecular weight is 240 g/mol. The number of rotatable bonds is 8. The molecule has 17 heavy (non-hydrogen) atoms. The lowest BCUT2D eigenvalue weighted by atomic mass is 9.93. The molecular weight excluding hydrogens is 216 g/mol. The quantitative estimate of drug-likeness (QED) is 0.657. The molecule has 0 saturated carbocycles. The Kier molecular flexibility index (Phi) is 6.75. The standard InChI is InChI=1S/C14H24O3/c1-2-3-4-5-6-11-17-13-9-7-12(8-10-13)14(15)16/h9,12H,2-8,10-11H2,1H3,(H,15,16). The number of aliphatic carboxylic acids is 1. The fraction of sp³-hybridized carbons (Fsp3) is 0.786. The van der Waals surface area contributed by atoms with Gasteiger partial charge in [0, 0.05) is 6.42 Å².